The van der Waals surface area contributed by atoms with Crippen LogP contribution < -0.4 is 5.32 Å². The molecule has 0 saturated heterocycles. The van der Waals surface area contributed by atoms with Crippen LogP contribution in [0.5, 0.6) is 0 Å². The third-order valence-electron chi connectivity index (χ3n) is 5.03. The molecule has 5 heteroatoms. The molecular weight excluding hydrogens is 336 g/mol. The Morgan fingerprint density at radius 3 is 2.28 bits per heavy atom. The van der Waals surface area contributed by atoms with Gasteiger partial charge in [-0.3, -0.25) is 14.5 Å². The Hall–Kier alpha value is -1.81. The standard InChI is InChI=1S/C20H25ClN2O2/c21-17-18(22-16-11-7-2-1-3-8-12-16)20(25)23(19(17)24)14-13-15-9-5-4-6-10-15/h4-6,9-10,16,22H,1-3,7-8,11-14H2. The molecule has 0 atom stereocenters. The molecule has 0 radical (unpaired) electrons. The highest BCUT2D eigenvalue weighted by atomic mass is 35.5. The van der Waals surface area contributed by atoms with Crippen molar-refractivity contribution < 1.29 is 9.59 Å². The number of amides is 2. The molecule has 0 bridgehead atoms. The lowest BCUT2D eigenvalue weighted by Gasteiger charge is -2.22. The normalized spacial score (nSPS) is 20.0. The number of carbonyl (C=O) groups excluding carboxylic acids is 2. The van der Waals surface area contributed by atoms with Gasteiger partial charge in [-0.1, -0.05) is 74.0 Å². The number of hydrogen-bond acceptors (Lipinski definition) is 3. The van der Waals surface area contributed by atoms with E-state index in [-0.39, 0.29) is 22.9 Å². The highest BCUT2D eigenvalue weighted by Crippen LogP contribution is 2.25. The Morgan fingerprint density at radius 1 is 0.960 bits per heavy atom. The van der Waals surface area contributed by atoms with E-state index >= 15 is 0 Å². The van der Waals surface area contributed by atoms with Crippen LogP contribution in [0.4, 0.5) is 0 Å². The number of carbonyl (C=O) groups is 2. The van der Waals surface area contributed by atoms with Gasteiger partial charge in [-0.25, -0.2) is 0 Å². The average molecular weight is 361 g/mol. The van der Waals surface area contributed by atoms with Gasteiger partial charge in [0.1, 0.15) is 10.7 Å². The quantitative estimate of drug-likeness (QED) is 0.813. The van der Waals surface area contributed by atoms with Crippen molar-refractivity contribution in [3.63, 3.8) is 0 Å². The van der Waals surface area contributed by atoms with Crippen molar-refractivity contribution in [1.29, 1.82) is 0 Å². The van der Waals surface area contributed by atoms with Gasteiger partial charge in [-0.05, 0) is 24.8 Å². The third-order valence-corrected chi connectivity index (χ3v) is 5.38. The van der Waals surface area contributed by atoms with E-state index in [1.807, 2.05) is 30.3 Å². The van der Waals surface area contributed by atoms with Crippen LogP contribution >= 0.6 is 11.6 Å². The number of imide groups is 1. The molecule has 2 aliphatic rings. The molecule has 1 aliphatic carbocycles. The van der Waals surface area contributed by atoms with Crippen molar-refractivity contribution in [2.75, 3.05) is 6.54 Å². The minimum Gasteiger partial charge on any atom is -0.376 e. The molecular formula is C20H25ClN2O2. The number of hydrogen-bond donors (Lipinski definition) is 1. The lowest BCUT2D eigenvalue weighted by molar-refractivity contribution is -0.137. The zero-order chi connectivity index (χ0) is 17.6. The van der Waals surface area contributed by atoms with Gasteiger partial charge in [0.05, 0.1) is 0 Å². The van der Waals surface area contributed by atoms with Gasteiger partial charge in [-0.2, -0.15) is 0 Å². The molecule has 1 heterocycles. The lowest BCUT2D eigenvalue weighted by atomic mass is 9.96. The largest absolute Gasteiger partial charge is 0.376 e. The maximum absolute atomic E-state index is 12.7. The first-order valence-corrected chi connectivity index (χ1v) is 9.61. The summed E-state index contributed by atoms with van der Waals surface area (Å²) in [5.41, 5.74) is 1.39. The smallest absolute Gasteiger partial charge is 0.278 e. The predicted octanol–water partition coefficient (Wildman–Crippen LogP) is 3.75. The van der Waals surface area contributed by atoms with Crippen molar-refractivity contribution in [1.82, 2.24) is 10.2 Å². The molecule has 1 saturated carbocycles. The van der Waals surface area contributed by atoms with Gasteiger partial charge in [-0.15, -0.1) is 0 Å². The second-order valence-corrected chi connectivity index (χ2v) is 7.25. The van der Waals surface area contributed by atoms with Gasteiger partial charge in [0.25, 0.3) is 11.8 Å². The number of nitrogens with one attached hydrogen (secondary N) is 1. The van der Waals surface area contributed by atoms with E-state index in [1.54, 1.807) is 0 Å². The van der Waals surface area contributed by atoms with Gasteiger partial charge in [0.15, 0.2) is 0 Å². The summed E-state index contributed by atoms with van der Waals surface area (Å²) in [6, 6.07) is 10.1. The molecule has 134 valence electrons. The number of benzene rings is 1. The number of halogens is 1. The van der Waals surface area contributed by atoms with Crippen LogP contribution in [0.1, 0.15) is 50.5 Å². The Balaban J connectivity index is 1.62. The summed E-state index contributed by atoms with van der Waals surface area (Å²) in [5, 5.41) is 3.32. The van der Waals surface area contributed by atoms with Crippen molar-refractivity contribution in [3.05, 3.63) is 46.6 Å². The van der Waals surface area contributed by atoms with E-state index in [2.05, 4.69) is 5.32 Å². The Kier molecular flexibility index (Phi) is 6.14. The molecule has 0 spiro atoms. The maximum Gasteiger partial charge on any atom is 0.278 e. The fourth-order valence-electron chi connectivity index (χ4n) is 3.56. The second kappa shape index (κ2) is 8.52. The molecule has 1 fully saturated rings. The van der Waals surface area contributed by atoms with E-state index in [0.717, 1.165) is 31.2 Å². The van der Waals surface area contributed by atoms with Crippen LogP contribution in [0.3, 0.4) is 0 Å². The van der Waals surface area contributed by atoms with Crippen molar-refractivity contribution in [2.24, 2.45) is 0 Å². The van der Waals surface area contributed by atoms with Crippen LogP contribution in [-0.2, 0) is 16.0 Å². The van der Waals surface area contributed by atoms with E-state index in [4.69, 9.17) is 11.6 Å². The van der Waals surface area contributed by atoms with Crippen molar-refractivity contribution >= 4 is 23.4 Å². The van der Waals surface area contributed by atoms with Crippen LogP contribution in [0.2, 0.25) is 0 Å². The molecule has 2 amide bonds. The molecule has 25 heavy (non-hydrogen) atoms. The van der Waals surface area contributed by atoms with Gasteiger partial charge in [0.2, 0.25) is 0 Å². The summed E-state index contributed by atoms with van der Waals surface area (Å²) in [7, 11) is 0. The average Bonchev–Trinajstić information content (AvgIpc) is 2.79. The summed E-state index contributed by atoms with van der Waals surface area (Å²) >= 11 is 6.20. The minimum absolute atomic E-state index is 0.0418. The van der Waals surface area contributed by atoms with Crippen LogP contribution in [0.25, 0.3) is 0 Å². The molecule has 4 nitrogen and oxygen atoms in total. The zero-order valence-corrected chi connectivity index (χ0v) is 15.2. The van der Waals surface area contributed by atoms with E-state index < -0.39 is 0 Å². The zero-order valence-electron chi connectivity index (χ0n) is 14.5. The molecule has 3 rings (SSSR count). The topological polar surface area (TPSA) is 49.4 Å². The molecule has 1 aromatic carbocycles. The number of nitrogens with zero attached hydrogens (tertiary/aromatic N) is 1. The van der Waals surface area contributed by atoms with Gasteiger partial charge in [0, 0.05) is 12.6 Å². The third kappa shape index (κ3) is 4.43. The highest BCUT2D eigenvalue weighted by Gasteiger charge is 2.38. The van der Waals surface area contributed by atoms with E-state index in [1.165, 1.54) is 24.2 Å². The van der Waals surface area contributed by atoms with Gasteiger partial charge < -0.3 is 5.32 Å². The SMILES string of the molecule is O=C1C(Cl)=C(NC2CCCCCCC2)C(=O)N1CCc1ccccc1. The Morgan fingerprint density at radius 2 is 1.60 bits per heavy atom. The first-order valence-electron chi connectivity index (χ1n) is 9.23. The molecule has 1 N–H and O–H groups in total. The van der Waals surface area contributed by atoms with Crippen molar-refractivity contribution in [3.8, 4) is 0 Å². The summed E-state index contributed by atoms with van der Waals surface area (Å²) in [5.74, 6) is -0.663. The van der Waals surface area contributed by atoms with E-state index in [0.29, 0.717) is 18.7 Å². The van der Waals surface area contributed by atoms with Gasteiger partial charge >= 0.3 is 0 Å². The molecule has 0 aromatic heterocycles. The first kappa shape index (κ1) is 18.0. The predicted molar refractivity (Wildman–Crippen MR) is 99.0 cm³/mol. The number of rotatable bonds is 5. The lowest BCUT2D eigenvalue weighted by Crippen LogP contribution is -2.38. The first-order chi connectivity index (χ1) is 12.2. The summed E-state index contributed by atoms with van der Waals surface area (Å²) in [6.07, 6.45) is 8.77. The monoisotopic (exact) mass is 360 g/mol. The molecule has 0 unspecified atom stereocenters. The van der Waals surface area contributed by atoms with Crippen LogP contribution in [0.15, 0.2) is 41.1 Å². The van der Waals surface area contributed by atoms with Crippen LogP contribution in [-0.4, -0.2) is 29.3 Å². The molecule has 1 aliphatic heterocycles. The maximum atomic E-state index is 12.7. The molecule has 1 aromatic rings. The Labute approximate surface area is 154 Å². The van der Waals surface area contributed by atoms with E-state index in [9.17, 15) is 9.59 Å². The summed E-state index contributed by atoms with van der Waals surface area (Å²) in [4.78, 5) is 26.3. The summed E-state index contributed by atoms with van der Waals surface area (Å²) in [6.45, 7) is 0.355. The highest BCUT2D eigenvalue weighted by molar-refractivity contribution is 6.47. The summed E-state index contributed by atoms with van der Waals surface area (Å²) < 4.78 is 0. The fraction of sp³-hybridized carbons (Fsp3) is 0.500. The van der Waals surface area contributed by atoms with Crippen molar-refractivity contribution in [2.45, 2.75) is 57.4 Å². The van der Waals surface area contributed by atoms with Crippen LogP contribution in [0, 0.1) is 0 Å². The Bertz CT molecular complexity index is 649. The fourth-order valence-corrected chi connectivity index (χ4v) is 3.80. The second-order valence-electron chi connectivity index (χ2n) is 6.87. The minimum atomic E-state index is -0.379.